The van der Waals surface area contributed by atoms with Crippen molar-refractivity contribution in [2.45, 2.75) is 6.61 Å². The summed E-state index contributed by atoms with van der Waals surface area (Å²) in [5, 5.41) is 3.84. The number of halogens is 4. The van der Waals surface area contributed by atoms with Gasteiger partial charge in [0.15, 0.2) is 5.11 Å². The third-order valence-corrected chi connectivity index (χ3v) is 4.31. The Bertz CT molecular complexity index is 904. The number of nitrogens with zero attached hydrogens (tertiary/aromatic N) is 1. The molecule has 3 rings (SSSR count). The van der Waals surface area contributed by atoms with Gasteiger partial charge in [0.25, 0.3) is 5.91 Å². The fourth-order valence-corrected chi connectivity index (χ4v) is 3.08. The van der Waals surface area contributed by atoms with E-state index in [2.05, 4.69) is 10.1 Å². The summed E-state index contributed by atoms with van der Waals surface area (Å²) in [6.45, 7) is -2.92. The zero-order valence-corrected chi connectivity index (χ0v) is 15.2. The molecule has 1 N–H and O–H groups in total. The van der Waals surface area contributed by atoms with Crippen LogP contribution in [0, 0.1) is 0 Å². The number of carbonyl (C=O) groups excluding carboxylic acids is 1. The van der Waals surface area contributed by atoms with Crippen molar-refractivity contribution in [1.82, 2.24) is 5.32 Å². The van der Waals surface area contributed by atoms with Crippen LogP contribution < -0.4 is 15.0 Å². The summed E-state index contributed by atoms with van der Waals surface area (Å²) in [6, 6.07) is 10.5. The van der Waals surface area contributed by atoms with E-state index in [1.807, 2.05) is 0 Å². The Morgan fingerprint density at radius 3 is 2.46 bits per heavy atom. The SMILES string of the molecule is O=C1/C(=C\c2ccc(Cl)cc2Cl)NC(=S)N1c1ccc(OC(F)F)cc1. The number of hydrogen-bond acceptors (Lipinski definition) is 3. The van der Waals surface area contributed by atoms with Crippen molar-refractivity contribution in [2.24, 2.45) is 0 Å². The van der Waals surface area contributed by atoms with Crippen LogP contribution in [0.2, 0.25) is 10.0 Å². The molecule has 1 aliphatic heterocycles. The van der Waals surface area contributed by atoms with Gasteiger partial charge in [-0.15, -0.1) is 0 Å². The molecule has 2 aromatic carbocycles. The molecule has 1 fully saturated rings. The molecule has 0 aliphatic carbocycles. The topological polar surface area (TPSA) is 41.6 Å². The second-order valence-electron chi connectivity index (χ2n) is 5.17. The predicted molar refractivity (Wildman–Crippen MR) is 101 cm³/mol. The molecule has 26 heavy (non-hydrogen) atoms. The maximum atomic E-state index is 12.6. The van der Waals surface area contributed by atoms with Gasteiger partial charge in [-0.25, -0.2) is 0 Å². The van der Waals surface area contributed by atoms with Crippen molar-refractivity contribution in [3.8, 4) is 5.75 Å². The van der Waals surface area contributed by atoms with E-state index in [-0.39, 0.29) is 16.6 Å². The minimum absolute atomic E-state index is 0.0158. The van der Waals surface area contributed by atoms with Crippen molar-refractivity contribution in [1.29, 1.82) is 0 Å². The normalized spacial score (nSPS) is 15.7. The van der Waals surface area contributed by atoms with Crippen LogP contribution in [0.4, 0.5) is 14.5 Å². The van der Waals surface area contributed by atoms with Gasteiger partial charge in [-0.05, 0) is 60.3 Å². The van der Waals surface area contributed by atoms with Crippen LogP contribution in [-0.2, 0) is 4.79 Å². The average Bonchev–Trinajstić information content (AvgIpc) is 2.84. The van der Waals surface area contributed by atoms with Crippen LogP contribution in [0.25, 0.3) is 6.08 Å². The smallest absolute Gasteiger partial charge is 0.387 e. The quantitative estimate of drug-likeness (QED) is 0.572. The van der Waals surface area contributed by atoms with Gasteiger partial charge < -0.3 is 10.1 Å². The third kappa shape index (κ3) is 3.95. The van der Waals surface area contributed by atoms with E-state index < -0.39 is 12.5 Å². The molecule has 1 amide bonds. The van der Waals surface area contributed by atoms with Crippen LogP contribution in [0.3, 0.4) is 0 Å². The number of hydrogen-bond donors (Lipinski definition) is 1. The van der Waals surface area contributed by atoms with E-state index >= 15 is 0 Å². The lowest BCUT2D eigenvalue weighted by atomic mass is 10.2. The van der Waals surface area contributed by atoms with E-state index in [9.17, 15) is 13.6 Å². The Morgan fingerprint density at radius 2 is 1.85 bits per heavy atom. The summed E-state index contributed by atoms with van der Waals surface area (Å²) in [5.41, 5.74) is 1.24. The Balaban J connectivity index is 1.86. The molecule has 0 radical (unpaired) electrons. The van der Waals surface area contributed by atoms with Gasteiger partial charge in [0.1, 0.15) is 11.4 Å². The molecule has 0 spiro atoms. The number of nitrogens with one attached hydrogen (secondary N) is 1. The minimum Gasteiger partial charge on any atom is -0.435 e. The standard InChI is InChI=1S/C17H10Cl2F2N2O2S/c18-10-2-1-9(13(19)8-10)7-14-15(24)23(17(26)22-14)11-3-5-12(6-4-11)25-16(20)21/h1-8,16H,(H,22,26)/b14-7+. The lowest BCUT2D eigenvalue weighted by molar-refractivity contribution is -0.113. The largest absolute Gasteiger partial charge is 0.435 e. The predicted octanol–water partition coefficient (Wildman–Crippen LogP) is 4.86. The number of rotatable bonds is 4. The first-order valence-corrected chi connectivity index (χ1v) is 8.38. The number of thiocarbonyl (C=S) groups is 1. The molecule has 2 aromatic rings. The van der Waals surface area contributed by atoms with Gasteiger partial charge in [0.2, 0.25) is 0 Å². The van der Waals surface area contributed by atoms with Gasteiger partial charge in [-0.2, -0.15) is 8.78 Å². The summed E-state index contributed by atoms with van der Waals surface area (Å²) in [7, 11) is 0. The second-order valence-corrected chi connectivity index (χ2v) is 6.40. The molecule has 1 aliphatic rings. The van der Waals surface area contributed by atoms with Gasteiger partial charge in [0, 0.05) is 10.0 Å². The highest BCUT2D eigenvalue weighted by Gasteiger charge is 2.32. The van der Waals surface area contributed by atoms with Crippen molar-refractivity contribution >= 4 is 58.2 Å². The fourth-order valence-electron chi connectivity index (χ4n) is 2.32. The van der Waals surface area contributed by atoms with Crippen LogP contribution in [0.1, 0.15) is 5.56 Å². The fraction of sp³-hybridized carbons (Fsp3) is 0.0588. The molecule has 1 saturated heterocycles. The first-order chi connectivity index (χ1) is 12.3. The first kappa shape index (κ1) is 18.6. The van der Waals surface area contributed by atoms with Crippen LogP contribution >= 0.6 is 35.4 Å². The van der Waals surface area contributed by atoms with Crippen molar-refractivity contribution in [2.75, 3.05) is 4.90 Å². The number of anilines is 1. The Kier molecular flexibility index (Phi) is 5.41. The molecular formula is C17H10Cl2F2N2O2S. The monoisotopic (exact) mass is 414 g/mol. The van der Waals surface area contributed by atoms with Gasteiger partial charge in [-0.1, -0.05) is 29.3 Å². The highest BCUT2D eigenvalue weighted by Crippen LogP contribution is 2.27. The second kappa shape index (κ2) is 7.57. The minimum atomic E-state index is -2.92. The van der Waals surface area contributed by atoms with E-state index in [1.54, 1.807) is 24.3 Å². The number of ether oxygens (including phenoxy) is 1. The van der Waals surface area contributed by atoms with Gasteiger partial charge in [-0.3, -0.25) is 9.69 Å². The molecule has 134 valence electrons. The van der Waals surface area contributed by atoms with Crippen LogP contribution in [-0.4, -0.2) is 17.6 Å². The summed E-state index contributed by atoms with van der Waals surface area (Å²) in [4.78, 5) is 13.9. The molecule has 0 atom stereocenters. The molecule has 9 heteroatoms. The summed E-state index contributed by atoms with van der Waals surface area (Å²) in [6.07, 6.45) is 1.56. The van der Waals surface area contributed by atoms with Crippen molar-refractivity contribution < 1.29 is 18.3 Å². The lowest BCUT2D eigenvalue weighted by Crippen LogP contribution is -2.30. The lowest BCUT2D eigenvalue weighted by Gasteiger charge is -2.14. The molecular weight excluding hydrogens is 405 g/mol. The van der Waals surface area contributed by atoms with Crippen LogP contribution in [0.15, 0.2) is 48.2 Å². The molecule has 0 bridgehead atoms. The third-order valence-electron chi connectivity index (χ3n) is 3.46. The maximum absolute atomic E-state index is 12.6. The maximum Gasteiger partial charge on any atom is 0.387 e. The molecule has 0 saturated carbocycles. The summed E-state index contributed by atoms with van der Waals surface area (Å²) < 4.78 is 28.7. The molecule has 1 heterocycles. The molecule has 0 aromatic heterocycles. The molecule has 4 nitrogen and oxygen atoms in total. The number of carbonyl (C=O) groups is 1. The van der Waals surface area contributed by atoms with Gasteiger partial charge >= 0.3 is 6.61 Å². The van der Waals surface area contributed by atoms with E-state index in [4.69, 9.17) is 35.4 Å². The van der Waals surface area contributed by atoms with Crippen LogP contribution in [0.5, 0.6) is 5.75 Å². The van der Waals surface area contributed by atoms with E-state index in [0.29, 0.717) is 21.3 Å². The molecule has 0 unspecified atom stereocenters. The summed E-state index contributed by atoms with van der Waals surface area (Å²) >= 11 is 17.2. The Morgan fingerprint density at radius 1 is 1.15 bits per heavy atom. The van der Waals surface area contributed by atoms with Crippen molar-refractivity contribution in [3.05, 3.63) is 63.8 Å². The average molecular weight is 415 g/mol. The van der Waals surface area contributed by atoms with E-state index in [1.165, 1.54) is 29.2 Å². The van der Waals surface area contributed by atoms with Gasteiger partial charge in [0.05, 0.1) is 5.69 Å². The highest BCUT2D eigenvalue weighted by atomic mass is 35.5. The Hall–Kier alpha value is -2.22. The first-order valence-electron chi connectivity index (χ1n) is 7.22. The van der Waals surface area contributed by atoms with Crippen molar-refractivity contribution in [3.63, 3.8) is 0 Å². The zero-order chi connectivity index (χ0) is 18.8. The summed E-state index contributed by atoms with van der Waals surface area (Å²) in [5.74, 6) is -0.415. The Labute approximate surface area is 162 Å². The number of amides is 1. The highest BCUT2D eigenvalue weighted by molar-refractivity contribution is 7.80. The van der Waals surface area contributed by atoms with E-state index in [0.717, 1.165) is 0 Å². The zero-order valence-electron chi connectivity index (χ0n) is 12.9. The number of alkyl halides is 2. The number of benzene rings is 2.